The Morgan fingerprint density at radius 3 is 2.70 bits per heavy atom. The summed E-state index contributed by atoms with van der Waals surface area (Å²) >= 11 is 0. The van der Waals surface area contributed by atoms with Crippen LogP contribution in [0.4, 0.5) is 0 Å². The van der Waals surface area contributed by atoms with Crippen molar-refractivity contribution in [2.24, 2.45) is 5.73 Å². The Labute approximate surface area is 117 Å². The van der Waals surface area contributed by atoms with E-state index >= 15 is 0 Å². The van der Waals surface area contributed by atoms with Crippen molar-refractivity contribution in [3.63, 3.8) is 0 Å². The smallest absolute Gasteiger partial charge is 0.326 e. The van der Waals surface area contributed by atoms with Gasteiger partial charge in [-0.15, -0.1) is 0 Å². The fraction of sp³-hybridized carbons (Fsp3) is 0.429. The van der Waals surface area contributed by atoms with Crippen LogP contribution in [0.25, 0.3) is 0 Å². The number of methoxy groups -OCH3 is 1. The van der Waals surface area contributed by atoms with E-state index in [1.807, 2.05) is 24.3 Å². The van der Waals surface area contributed by atoms with E-state index in [-0.39, 0.29) is 13.2 Å². The van der Waals surface area contributed by atoms with Gasteiger partial charge in [-0.1, -0.05) is 24.3 Å². The first-order valence-corrected chi connectivity index (χ1v) is 6.39. The number of carbonyl (C=O) groups excluding carboxylic acids is 1. The molecular weight excluding hydrogens is 260 g/mol. The molecule has 20 heavy (non-hydrogen) atoms. The molecular formula is C14H18N2O4. The second-order valence-corrected chi connectivity index (χ2v) is 4.85. The number of nitrogens with zero attached hydrogens (tertiary/aromatic N) is 1. The summed E-state index contributed by atoms with van der Waals surface area (Å²) in [5.41, 5.74) is 7.66. The minimum absolute atomic E-state index is 0.0727. The van der Waals surface area contributed by atoms with Crippen LogP contribution in [-0.4, -0.2) is 47.7 Å². The lowest BCUT2D eigenvalue weighted by Gasteiger charge is -2.35. The zero-order chi connectivity index (χ0) is 14.7. The zero-order valence-corrected chi connectivity index (χ0v) is 11.3. The molecule has 6 nitrogen and oxygen atoms in total. The number of benzene rings is 1. The van der Waals surface area contributed by atoms with Crippen molar-refractivity contribution >= 4 is 11.9 Å². The van der Waals surface area contributed by atoms with E-state index in [4.69, 9.17) is 10.5 Å². The van der Waals surface area contributed by atoms with Crippen LogP contribution < -0.4 is 5.73 Å². The maximum absolute atomic E-state index is 12.3. The highest BCUT2D eigenvalue weighted by Crippen LogP contribution is 2.24. The van der Waals surface area contributed by atoms with E-state index in [9.17, 15) is 14.7 Å². The van der Waals surface area contributed by atoms with Crippen LogP contribution in [0.15, 0.2) is 24.3 Å². The molecule has 0 aliphatic carbocycles. The number of carboxylic acids is 1. The third-order valence-corrected chi connectivity index (χ3v) is 3.48. The molecule has 0 spiro atoms. The molecule has 1 aliphatic rings. The quantitative estimate of drug-likeness (QED) is 0.808. The van der Waals surface area contributed by atoms with Gasteiger partial charge < -0.3 is 20.5 Å². The first kappa shape index (κ1) is 14.5. The number of hydrogen-bond acceptors (Lipinski definition) is 4. The number of ether oxygens (including phenoxy) is 1. The Bertz CT molecular complexity index is 518. The molecule has 0 aromatic heterocycles. The van der Waals surface area contributed by atoms with Crippen molar-refractivity contribution < 1.29 is 19.4 Å². The zero-order valence-electron chi connectivity index (χ0n) is 11.3. The molecule has 1 aliphatic heterocycles. The highest BCUT2D eigenvalue weighted by Gasteiger charge is 2.36. The van der Waals surface area contributed by atoms with Crippen molar-refractivity contribution in [3.05, 3.63) is 35.4 Å². The van der Waals surface area contributed by atoms with Gasteiger partial charge in [-0.25, -0.2) is 4.79 Å². The van der Waals surface area contributed by atoms with E-state index in [0.717, 1.165) is 11.1 Å². The van der Waals surface area contributed by atoms with Gasteiger partial charge in [0, 0.05) is 20.1 Å². The minimum atomic E-state index is -1.02. The standard InChI is InChI=1S/C14H18N2O4/c1-20-8-11(15)13(17)16-7-10-5-3-2-4-9(10)6-12(16)14(18)19/h2-5,11-12H,6-8,15H2,1H3,(H,18,19)/t11?,12-/m0/s1. The lowest BCUT2D eigenvalue weighted by molar-refractivity contribution is -0.152. The van der Waals surface area contributed by atoms with Crippen LogP contribution in [0.1, 0.15) is 11.1 Å². The number of carbonyl (C=O) groups is 2. The normalized spacial score (nSPS) is 19.3. The molecule has 1 heterocycles. The fourth-order valence-electron chi connectivity index (χ4n) is 2.44. The number of carboxylic acid groups (broad SMARTS) is 1. The summed E-state index contributed by atoms with van der Waals surface area (Å²) in [5.74, 6) is -1.41. The molecule has 0 saturated carbocycles. The average molecular weight is 278 g/mol. The molecule has 0 radical (unpaired) electrons. The average Bonchev–Trinajstić information content (AvgIpc) is 2.45. The number of amides is 1. The maximum Gasteiger partial charge on any atom is 0.326 e. The van der Waals surface area contributed by atoms with Crippen LogP contribution in [0, 0.1) is 0 Å². The Hall–Kier alpha value is -1.92. The second-order valence-electron chi connectivity index (χ2n) is 4.85. The summed E-state index contributed by atoms with van der Waals surface area (Å²) in [6.07, 6.45) is 0.303. The number of hydrogen-bond donors (Lipinski definition) is 2. The van der Waals surface area contributed by atoms with Crippen molar-refractivity contribution in [2.75, 3.05) is 13.7 Å². The van der Waals surface area contributed by atoms with Gasteiger partial charge >= 0.3 is 5.97 Å². The van der Waals surface area contributed by atoms with Crippen LogP contribution in [-0.2, 0) is 27.3 Å². The monoisotopic (exact) mass is 278 g/mol. The predicted octanol–water partition coefficient (Wildman–Crippen LogP) is -0.00180. The van der Waals surface area contributed by atoms with Crippen molar-refractivity contribution in [2.45, 2.75) is 25.0 Å². The number of aliphatic carboxylic acids is 1. The lowest BCUT2D eigenvalue weighted by atomic mass is 9.93. The van der Waals surface area contributed by atoms with Gasteiger partial charge in [0.25, 0.3) is 0 Å². The van der Waals surface area contributed by atoms with Crippen molar-refractivity contribution in [1.29, 1.82) is 0 Å². The van der Waals surface area contributed by atoms with Gasteiger partial charge in [0.2, 0.25) is 5.91 Å². The molecule has 1 aromatic carbocycles. The number of nitrogens with two attached hydrogens (primary N) is 1. The molecule has 3 N–H and O–H groups in total. The SMILES string of the molecule is COCC(N)C(=O)N1Cc2ccccc2C[C@H]1C(=O)O. The Balaban J connectivity index is 2.26. The van der Waals surface area contributed by atoms with Gasteiger partial charge in [0.1, 0.15) is 12.1 Å². The fourth-order valence-corrected chi connectivity index (χ4v) is 2.44. The molecule has 108 valence electrons. The van der Waals surface area contributed by atoms with Gasteiger partial charge in [0.15, 0.2) is 0 Å². The molecule has 2 rings (SSSR count). The van der Waals surface area contributed by atoms with Crippen LogP contribution in [0.3, 0.4) is 0 Å². The van der Waals surface area contributed by atoms with E-state index in [1.54, 1.807) is 0 Å². The van der Waals surface area contributed by atoms with Gasteiger partial charge in [-0.2, -0.15) is 0 Å². The Morgan fingerprint density at radius 2 is 2.10 bits per heavy atom. The van der Waals surface area contributed by atoms with E-state index in [0.29, 0.717) is 6.42 Å². The van der Waals surface area contributed by atoms with Gasteiger partial charge in [0.05, 0.1) is 6.61 Å². The Morgan fingerprint density at radius 1 is 1.45 bits per heavy atom. The van der Waals surface area contributed by atoms with Gasteiger partial charge in [-0.05, 0) is 11.1 Å². The van der Waals surface area contributed by atoms with Crippen molar-refractivity contribution in [3.8, 4) is 0 Å². The topological polar surface area (TPSA) is 92.9 Å². The minimum Gasteiger partial charge on any atom is -0.480 e. The van der Waals surface area contributed by atoms with Crippen LogP contribution >= 0.6 is 0 Å². The second kappa shape index (κ2) is 6.02. The summed E-state index contributed by atoms with van der Waals surface area (Å²) in [6, 6.07) is 5.81. The van der Waals surface area contributed by atoms with Crippen LogP contribution in [0.2, 0.25) is 0 Å². The maximum atomic E-state index is 12.3. The molecule has 2 atom stereocenters. The largest absolute Gasteiger partial charge is 0.480 e. The molecule has 0 bridgehead atoms. The number of fused-ring (bicyclic) bond motifs is 1. The summed E-state index contributed by atoms with van der Waals surface area (Å²) < 4.78 is 4.86. The number of rotatable bonds is 4. The lowest BCUT2D eigenvalue weighted by Crippen LogP contribution is -2.54. The van der Waals surface area contributed by atoms with Crippen molar-refractivity contribution in [1.82, 2.24) is 4.90 Å². The molecule has 1 amide bonds. The van der Waals surface area contributed by atoms with E-state index in [1.165, 1.54) is 12.0 Å². The molecule has 1 unspecified atom stereocenters. The molecule has 6 heteroatoms. The predicted molar refractivity (Wildman–Crippen MR) is 72.0 cm³/mol. The highest BCUT2D eigenvalue weighted by molar-refractivity contribution is 5.87. The summed E-state index contributed by atoms with van der Waals surface area (Å²) in [7, 11) is 1.45. The summed E-state index contributed by atoms with van der Waals surface area (Å²) in [4.78, 5) is 25.0. The highest BCUT2D eigenvalue weighted by atomic mass is 16.5. The first-order chi connectivity index (χ1) is 9.54. The summed E-state index contributed by atoms with van der Waals surface area (Å²) in [6.45, 7) is 0.340. The third kappa shape index (κ3) is 2.81. The third-order valence-electron chi connectivity index (χ3n) is 3.48. The summed E-state index contributed by atoms with van der Waals surface area (Å²) in [5, 5.41) is 9.33. The van der Waals surface area contributed by atoms with Crippen LogP contribution in [0.5, 0.6) is 0 Å². The molecule has 0 fully saturated rings. The van der Waals surface area contributed by atoms with Gasteiger partial charge in [-0.3, -0.25) is 4.79 Å². The first-order valence-electron chi connectivity index (χ1n) is 6.39. The Kier molecular flexibility index (Phi) is 4.36. The van der Waals surface area contributed by atoms with E-state index in [2.05, 4.69) is 0 Å². The molecule has 1 aromatic rings. The van der Waals surface area contributed by atoms with E-state index < -0.39 is 24.0 Å². The molecule has 0 saturated heterocycles.